The maximum atomic E-state index is 12.2. The van der Waals surface area contributed by atoms with Gasteiger partial charge in [-0.25, -0.2) is 8.42 Å². The molecule has 1 aromatic carbocycles. The average molecular weight is 345 g/mol. The van der Waals surface area contributed by atoms with Gasteiger partial charge in [0.15, 0.2) is 9.84 Å². The van der Waals surface area contributed by atoms with Gasteiger partial charge in [0, 0.05) is 16.7 Å². The van der Waals surface area contributed by atoms with E-state index in [4.69, 9.17) is 0 Å². The van der Waals surface area contributed by atoms with Crippen LogP contribution in [0.25, 0.3) is 0 Å². The lowest BCUT2D eigenvalue weighted by Crippen LogP contribution is -2.35. The molecule has 24 heavy (non-hydrogen) atoms. The summed E-state index contributed by atoms with van der Waals surface area (Å²) >= 11 is 0. The van der Waals surface area contributed by atoms with Gasteiger partial charge in [0.25, 0.3) is 5.91 Å². The first-order valence-electron chi connectivity index (χ1n) is 7.64. The Morgan fingerprint density at radius 1 is 1.29 bits per heavy atom. The van der Waals surface area contributed by atoms with Crippen molar-refractivity contribution in [1.82, 2.24) is 15.1 Å². The number of hydrogen-bond donors (Lipinski definition) is 1. The summed E-state index contributed by atoms with van der Waals surface area (Å²) in [5, 5.41) is 8.28. The largest absolute Gasteiger partial charge is 0.345 e. The first-order valence-corrected chi connectivity index (χ1v) is 9.36. The molecule has 1 aliphatic rings. The van der Waals surface area contributed by atoms with Crippen LogP contribution in [-0.4, -0.2) is 35.9 Å². The molecule has 0 radical (unpaired) electrons. The molecule has 0 saturated heterocycles. The maximum absolute atomic E-state index is 12.2. The fraction of sp³-hybridized carbons (Fsp3) is 0.294. The average Bonchev–Trinajstić information content (AvgIpc) is 3.01. The van der Waals surface area contributed by atoms with Crippen molar-refractivity contribution in [2.75, 3.05) is 5.75 Å². The van der Waals surface area contributed by atoms with Crippen LogP contribution in [0.5, 0.6) is 0 Å². The van der Waals surface area contributed by atoms with Gasteiger partial charge < -0.3 is 5.32 Å². The van der Waals surface area contributed by atoms with Gasteiger partial charge in [0.05, 0.1) is 24.0 Å². The Bertz CT molecular complexity index is 896. The predicted molar refractivity (Wildman–Crippen MR) is 91.4 cm³/mol. The fourth-order valence-corrected chi connectivity index (χ4v) is 3.92. The third-order valence-electron chi connectivity index (χ3n) is 3.90. The van der Waals surface area contributed by atoms with Crippen molar-refractivity contribution in [2.24, 2.45) is 0 Å². The molecule has 1 unspecified atom stereocenters. The van der Waals surface area contributed by atoms with Gasteiger partial charge in [-0.2, -0.15) is 5.10 Å². The Labute approximate surface area is 141 Å². The topological polar surface area (TPSA) is 81.1 Å². The number of carbonyl (C=O) groups is 1. The van der Waals surface area contributed by atoms with Crippen LogP contribution in [0, 0.1) is 13.8 Å². The number of amides is 1. The number of carbonyl (C=O) groups excluding carboxylic acids is 1. The zero-order valence-electron chi connectivity index (χ0n) is 13.6. The first-order chi connectivity index (χ1) is 11.3. The van der Waals surface area contributed by atoms with Crippen molar-refractivity contribution in [1.29, 1.82) is 0 Å². The van der Waals surface area contributed by atoms with Gasteiger partial charge >= 0.3 is 0 Å². The molecule has 1 aliphatic heterocycles. The Morgan fingerprint density at radius 3 is 2.54 bits per heavy atom. The number of hydrogen-bond acceptors (Lipinski definition) is 4. The quantitative estimate of drug-likeness (QED) is 0.912. The number of nitrogens with zero attached hydrogens (tertiary/aromatic N) is 2. The molecule has 1 amide bonds. The number of aromatic nitrogens is 2. The third kappa shape index (κ3) is 3.73. The van der Waals surface area contributed by atoms with E-state index in [0.29, 0.717) is 12.1 Å². The van der Waals surface area contributed by atoms with E-state index in [2.05, 4.69) is 10.4 Å². The van der Waals surface area contributed by atoms with Crippen LogP contribution in [0.4, 0.5) is 0 Å². The number of nitrogens with one attached hydrogen (secondary N) is 1. The van der Waals surface area contributed by atoms with Crippen LogP contribution >= 0.6 is 0 Å². The lowest BCUT2D eigenvalue weighted by molar-refractivity contribution is 0.0947. The van der Waals surface area contributed by atoms with E-state index < -0.39 is 15.9 Å². The summed E-state index contributed by atoms with van der Waals surface area (Å²) in [4.78, 5) is 12.2. The summed E-state index contributed by atoms with van der Waals surface area (Å²) in [6.45, 7) is 4.60. The van der Waals surface area contributed by atoms with Crippen molar-refractivity contribution < 1.29 is 13.2 Å². The SMILES string of the molecule is Cc1cc(C)n(Cc2ccc(C(=O)NC3C=CS(=O)(=O)C3)cc2)n1. The lowest BCUT2D eigenvalue weighted by atomic mass is 10.1. The molecule has 0 bridgehead atoms. The molecule has 0 saturated carbocycles. The highest BCUT2D eigenvalue weighted by molar-refractivity contribution is 7.94. The minimum atomic E-state index is -3.17. The van der Waals surface area contributed by atoms with E-state index in [-0.39, 0.29) is 11.7 Å². The van der Waals surface area contributed by atoms with E-state index in [1.807, 2.05) is 36.7 Å². The molecule has 126 valence electrons. The zero-order chi connectivity index (χ0) is 17.3. The van der Waals surface area contributed by atoms with Crippen molar-refractivity contribution in [3.8, 4) is 0 Å². The minimum absolute atomic E-state index is 0.0747. The van der Waals surface area contributed by atoms with Crippen LogP contribution in [-0.2, 0) is 16.4 Å². The molecule has 1 atom stereocenters. The highest BCUT2D eigenvalue weighted by atomic mass is 32.2. The van der Waals surface area contributed by atoms with Crippen LogP contribution < -0.4 is 5.32 Å². The molecule has 0 aliphatic carbocycles. The summed E-state index contributed by atoms with van der Waals surface area (Å²) in [7, 11) is -3.17. The summed E-state index contributed by atoms with van der Waals surface area (Å²) in [6, 6.07) is 8.80. The van der Waals surface area contributed by atoms with E-state index in [0.717, 1.165) is 22.4 Å². The second-order valence-electron chi connectivity index (χ2n) is 6.02. The third-order valence-corrected chi connectivity index (χ3v) is 5.29. The highest BCUT2D eigenvalue weighted by Crippen LogP contribution is 2.11. The number of rotatable bonds is 4. The Hall–Kier alpha value is -2.41. The summed E-state index contributed by atoms with van der Waals surface area (Å²) in [5.74, 6) is -0.353. The molecule has 3 rings (SSSR count). The molecule has 7 heteroatoms. The molecule has 2 aromatic rings. The van der Waals surface area contributed by atoms with Gasteiger partial charge in [-0.1, -0.05) is 12.1 Å². The molecule has 0 spiro atoms. The number of sulfone groups is 1. The monoisotopic (exact) mass is 345 g/mol. The molecule has 2 heterocycles. The van der Waals surface area contributed by atoms with Crippen LogP contribution in [0.1, 0.15) is 27.3 Å². The Kier molecular flexibility index (Phi) is 4.28. The predicted octanol–water partition coefficient (Wildman–Crippen LogP) is 1.59. The van der Waals surface area contributed by atoms with Gasteiger partial charge in [-0.3, -0.25) is 9.48 Å². The standard InChI is InChI=1S/C17H19N3O3S/c1-12-9-13(2)20(19-12)10-14-3-5-15(6-4-14)17(21)18-16-7-8-24(22,23)11-16/h3-9,16H,10-11H2,1-2H3,(H,18,21). The van der Waals surface area contributed by atoms with Crippen molar-refractivity contribution in [3.05, 3.63) is 64.3 Å². The van der Waals surface area contributed by atoms with Gasteiger partial charge in [-0.05, 0) is 43.7 Å². The van der Waals surface area contributed by atoms with Crippen LogP contribution in [0.2, 0.25) is 0 Å². The fourth-order valence-electron chi connectivity index (χ4n) is 2.69. The van der Waals surface area contributed by atoms with E-state index >= 15 is 0 Å². The van der Waals surface area contributed by atoms with Gasteiger partial charge in [0.1, 0.15) is 0 Å². The smallest absolute Gasteiger partial charge is 0.251 e. The Balaban J connectivity index is 1.65. The second-order valence-corrected chi connectivity index (χ2v) is 7.95. The molecule has 1 N–H and O–H groups in total. The minimum Gasteiger partial charge on any atom is -0.345 e. The summed E-state index contributed by atoms with van der Waals surface area (Å²) < 4.78 is 24.6. The van der Waals surface area contributed by atoms with Crippen LogP contribution in [0.15, 0.2) is 41.8 Å². The number of aryl methyl sites for hydroxylation is 2. The molecule has 0 fully saturated rings. The van der Waals surface area contributed by atoms with Crippen molar-refractivity contribution in [3.63, 3.8) is 0 Å². The Morgan fingerprint density at radius 2 is 2.00 bits per heavy atom. The summed E-state index contributed by atoms with van der Waals surface area (Å²) in [5.41, 5.74) is 3.61. The van der Waals surface area contributed by atoms with E-state index in [1.54, 1.807) is 12.1 Å². The molecular formula is C17H19N3O3S. The van der Waals surface area contributed by atoms with E-state index in [1.165, 1.54) is 6.08 Å². The zero-order valence-corrected chi connectivity index (χ0v) is 14.4. The van der Waals surface area contributed by atoms with E-state index in [9.17, 15) is 13.2 Å². The van der Waals surface area contributed by atoms with Crippen molar-refractivity contribution >= 4 is 15.7 Å². The van der Waals surface area contributed by atoms with Gasteiger partial charge in [0.2, 0.25) is 0 Å². The lowest BCUT2D eigenvalue weighted by Gasteiger charge is -2.10. The first kappa shape index (κ1) is 16.4. The summed E-state index contributed by atoms with van der Waals surface area (Å²) in [6.07, 6.45) is 1.50. The van der Waals surface area contributed by atoms with Crippen LogP contribution in [0.3, 0.4) is 0 Å². The maximum Gasteiger partial charge on any atom is 0.251 e. The normalized spacial score (nSPS) is 18.7. The second kappa shape index (κ2) is 6.24. The molecule has 6 nitrogen and oxygen atoms in total. The molecular weight excluding hydrogens is 326 g/mol. The van der Waals surface area contributed by atoms with Crippen molar-refractivity contribution in [2.45, 2.75) is 26.4 Å². The highest BCUT2D eigenvalue weighted by Gasteiger charge is 2.23. The molecule has 1 aromatic heterocycles. The van der Waals surface area contributed by atoms with Gasteiger partial charge in [-0.15, -0.1) is 0 Å². The number of benzene rings is 1.